The van der Waals surface area contributed by atoms with Gasteiger partial charge in [0.1, 0.15) is 6.04 Å². The number of aromatic nitrogens is 1. The quantitative estimate of drug-likeness (QED) is 0.125. The van der Waals surface area contributed by atoms with E-state index in [-0.39, 0.29) is 37.0 Å². The van der Waals surface area contributed by atoms with Crippen LogP contribution >= 0.6 is 0 Å². The maximum Gasteiger partial charge on any atom is 0.305 e. The van der Waals surface area contributed by atoms with E-state index in [1.165, 1.54) is 12.6 Å². The lowest BCUT2D eigenvalue weighted by atomic mass is 10.0. The molecular formula is C43H57N7O10. The summed E-state index contributed by atoms with van der Waals surface area (Å²) in [5.41, 5.74) is 9.12. The van der Waals surface area contributed by atoms with E-state index >= 15 is 0 Å². The van der Waals surface area contributed by atoms with E-state index in [1.807, 2.05) is 23.1 Å². The number of carboxylic acids is 1. The van der Waals surface area contributed by atoms with E-state index in [0.29, 0.717) is 93.9 Å². The van der Waals surface area contributed by atoms with Crippen molar-refractivity contribution in [2.45, 2.75) is 31.7 Å². The topological polar surface area (TPSA) is 206 Å². The van der Waals surface area contributed by atoms with Crippen molar-refractivity contribution >= 4 is 41.0 Å². The van der Waals surface area contributed by atoms with Crippen LogP contribution in [0.2, 0.25) is 0 Å². The van der Waals surface area contributed by atoms with Crippen molar-refractivity contribution in [3.8, 4) is 11.3 Å². The van der Waals surface area contributed by atoms with E-state index in [9.17, 15) is 24.0 Å². The number of ether oxygens (including phenoxy) is 4. The number of nitrogens with one attached hydrogen (secondary N) is 1. The summed E-state index contributed by atoms with van der Waals surface area (Å²) in [6.07, 6.45) is 4.83. The fraction of sp³-hybridized carbons (Fsp3) is 0.488. The molecule has 0 spiro atoms. The first kappa shape index (κ1) is 45.6. The standard InChI is InChI=1S/C43H57N7O10/c1-47(16-17-50-19-22-60-30-38(50)43(56)48(2)18-21-58-24-26-59-25-23-57-20-12-39(51)52)42(55)33-8-6-7-32(27-33)41(54)46-36-10-9-34(49-14-4-3-5-15-49)29-35(36)37-28-31(40(44)53)11-13-45-37/h6-11,13,27-29,38H,3-5,12,14-26,30H2,1-2H3,(H2,44,53)(H,46,54)(H,51,52). The number of pyridine rings is 1. The predicted octanol–water partition coefficient (Wildman–Crippen LogP) is 2.85. The number of carbonyl (C=O) groups is 5. The first-order valence-corrected chi connectivity index (χ1v) is 20.4. The lowest BCUT2D eigenvalue weighted by Crippen LogP contribution is -2.56. The number of anilines is 2. The lowest BCUT2D eigenvalue weighted by molar-refractivity contribution is -0.142. The number of likely N-dealkylation sites (N-methyl/N-ethyl adjacent to an activating group) is 2. The van der Waals surface area contributed by atoms with Gasteiger partial charge in [-0.15, -0.1) is 0 Å². The molecule has 60 heavy (non-hydrogen) atoms. The fourth-order valence-corrected chi connectivity index (χ4v) is 6.92. The number of carbonyl (C=O) groups excluding carboxylic acids is 4. The summed E-state index contributed by atoms with van der Waals surface area (Å²) in [6.45, 7) is 5.97. The number of carboxylic acid groups (broad SMARTS) is 1. The summed E-state index contributed by atoms with van der Waals surface area (Å²) in [5, 5.41) is 11.6. The molecule has 0 radical (unpaired) electrons. The second-order valence-corrected chi connectivity index (χ2v) is 14.7. The van der Waals surface area contributed by atoms with Crippen LogP contribution in [0, 0.1) is 0 Å². The van der Waals surface area contributed by atoms with Crippen molar-refractivity contribution in [3.63, 3.8) is 0 Å². The highest BCUT2D eigenvalue weighted by Crippen LogP contribution is 2.33. The molecule has 2 fully saturated rings. The minimum absolute atomic E-state index is 0.0497. The molecule has 2 aromatic carbocycles. The monoisotopic (exact) mass is 831 g/mol. The Balaban J connectivity index is 1.13. The molecular weight excluding hydrogens is 775 g/mol. The molecule has 2 saturated heterocycles. The van der Waals surface area contributed by atoms with E-state index < -0.39 is 23.8 Å². The molecule has 5 rings (SSSR count). The van der Waals surface area contributed by atoms with Crippen molar-refractivity contribution in [2.24, 2.45) is 5.73 Å². The summed E-state index contributed by atoms with van der Waals surface area (Å²) in [4.78, 5) is 75.4. The number of hydrogen-bond acceptors (Lipinski definition) is 12. The molecule has 1 aromatic heterocycles. The van der Waals surface area contributed by atoms with Gasteiger partial charge in [0, 0.05) is 87.5 Å². The van der Waals surface area contributed by atoms with E-state index in [2.05, 4.69) is 15.2 Å². The van der Waals surface area contributed by atoms with Gasteiger partial charge in [-0.1, -0.05) is 6.07 Å². The van der Waals surface area contributed by atoms with Crippen LogP contribution in [0.15, 0.2) is 60.8 Å². The van der Waals surface area contributed by atoms with Gasteiger partial charge in [0.05, 0.1) is 70.7 Å². The van der Waals surface area contributed by atoms with Gasteiger partial charge in [-0.25, -0.2) is 0 Å². The molecule has 2 aliphatic rings. The molecule has 17 nitrogen and oxygen atoms in total. The molecule has 0 aliphatic carbocycles. The molecule has 17 heteroatoms. The number of piperidine rings is 1. The van der Waals surface area contributed by atoms with Crippen molar-refractivity contribution in [1.82, 2.24) is 19.7 Å². The summed E-state index contributed by atoms with van der Waals surface area (Å²) >= 11 is 0. The van der Waals surface area contributed by atoms with Gasteiger partial charge in [0.25, 0.3) is 11.8 Å². The lowest BCUT2D eigenvalue weighted by Gasteiger charge is -2.37. The highest BCUT2D eigenvalue weighted by Gasteiger charge is 2.32. The fourth-order valence-electron chi connectivity index (χ4n) is 6.92. The first-order chi connectivity index (χ1) is 29.0. The van der Waals surface area contributed by atoms with Crippen LogP contribution in [0.1, 0.15) is 56.8 Å². The second kappa shape index (κ2) is 23.4. The van der Waals surface area contributed by atoms with Crippen molar-refractivity contribution in [1.29, 1.82) is 0 Å². The third kappa shape index (κ3) is 13.5. The molecule has 0 saturated carbocycles. The minimum Gasteiger partial charge on any atom is -0.481 e. The zero-order valence-corrected chi connectivity index (χ0v) is 34.5. The maximum absolute atomic E-state index is 13.7. The summed E-state index contributed by atoms with van der Waals surface area (Å²) in [7, 11) is 3.40. The van der Waals surface area contributed by atoms with Gasteiger partial charge in [-0.3, -0.25) is 33.9 Å². The number of nitrogens with zero attached hydrogens (tertiary/aromatic N) is 5. The predicted molar refractivity (Wildman–Crippen MR) is 224 cm³/mol. The number of morpholine rings is 1. The zero-order valence-electron chi connectivity index (χ0n) is 34.5. The van der Waals surface area contributed by atoms with Crippen molar-refractivity contribution in [2.75, 3.05) is 116 Å². The van der Waals surface area contributed by atoms with Crippen LogP contribution in [-0.2, 0) is 28.5 Å². The Labute approximate surface area is 350 Å². The number of nitrogens with two attached hydrogens (primary N) is 1. The van der Waals surface area contributed by atoms with Crippen LogP contribution in [-0.4, -0.2) is 167 Å². The number of aliphatic carboxylic acids is 1. The molecule has 1 unspecified atom stereocenters. The number of hydrogen-bond donors (Lipinski definition) is 3. The highest BCUT2D eigenvalue weighted by atomic mass is 16.5. The Morgan fingerprint density at radius 3 is 2.28 bits per heavy atom. The Kier molecular flexibility index (Phi) is 17.8. The van der Waals surface area contributed by atoms with Gasteiger partial charge in [0.15, 0.2) is 0 Å². The Bertz CT molecular complexity index is 1920. The van der Waals surface area contributed by atoms with Gasteiger partial charge in [-0.2, -0.15) is 0 Å². The average Bonchev–Trinajstić information content (AvgIpc) is 3.27. The van der Waals surface area contributed by atoms with Gasteiger partial charge >= 0.3 is 5.97 Å². The molecule has 2 aliphatic heterocycles. The third-order valence-electron chi connectivity index (χ3n) is 10.4. The van der Waals surface area contributed by atoms with Gasteiger partial charge < -0.3 is 49.8 Å². The van der Waals surface area contributed by atoms with Crippen molar-refractivity contribution in [3.05, 3.63) is 77.5 Å². The summed E-state index contributed by atoms with van der Waals surface area (Å²) in [5.74, 6) is -2.29. The Morgan fingerprint density at radius 1 is 0.833 bits per heavy atom. The smallest absolute Gasteiger partial charge is 0.305 e. The minimum atomic E-state index is -0.910. The summed E-state index contributed by atoms with van der Waals surface area (Å²) < 4.78 is 21.9. The van der Waals surface area contributed by atoms with Crippen LogP contribution in [0.5, 0.6) is 0 Å². The van der Waals surface area contributed by atoms with Crippen LogP contribution in [0.3, 0.4) is 0 Å². The first-order valence-electron chi connectivity index (χ1n) is 20.4. The number of benzene rings is 2. The average molecular weight is 832 g/mol. The van der Waals surface area contributed by atoms with Gasteiger partial charge in [0.2, 0.25) is 11.8 Å². The molecule has 324 valence electrons. The maximum atomic E-state index is 13.7. The van der Waals surface area contributed by atoms with Crippen LogP contribution in [0.4, 0.5) is 11.4 Å². The molecule has 0 bridgehead atoms. The molecule has 3 heterocycles. The van der Waals surface area contributed by atoms with Gasteiger partial charge in [-0.05, 0) is 67.8 Å². The molecule has 1 atom stereocenters. The summed E-state index contributed by atoms with van der Waals surface area (Å²) in [6, 6.07) is 14.9. The number of primary amides is 1. The zero-order chi connectivity index (χ0) is 42.9. The van der Waals surface area contributed by atoms with Crippen LogP contribution < -0.4 is 16.0 Å². The third-order valence-corrected chi connectivity index (χ3v) is 10.4. The SMILES string of the molecule is CN(CCN1CCOCC1C(=O)N(C)CCOCCOCCOCCC(=O)O)C(=O)c1cccc(C(=O)Nc2ccc(N3CCCCC3)cc2-c2cc(C(N)=O)ccn2)c1. The Morgan fingerprint density at radius 2 is 1.55 bits per heavy atom. The van der Waals surface area contributed by atoms with E-state index in [1.54, 1.807) is 60.3 Å². The molecule has 3 aromatic rings. The Hall–Kier alpha value is -5.46. The number of rotatable bonds is 22. The molecule has 4 amide bonds. The molecule has 4 N–H and O–H groups in total. The van der Waals surface area contributed by atoms with Crippen LogP contribution in [0.25, 0.3) is 11.3 Å². The van der Waals surface area contributed by atoms with E-state index in [0.717, 1.165) is 31.6 Å². The largest absolute Gasteiger partial charge is 0.481 e. The van der Waals surface area contributed by atoms with E-state index in [4.69, 9.17) is 29.8 Å². The second-order valence-electron chi connectivity index (χ2n) is 14.7. The van der Waals surface area contributed by atoms with Crippen molar-refractivity contribution < 1.29 is 48.0 Å². The highest BCUT2D eigenvalue weighted by molar-refractivity contribution is 6.08. The number of amides is 4. The normalized spacial score (nSPS) is 15.6.